The van der Waals surface area contributed by atoms with Crippen molar-refractivity contribution in [1.82, 2.24) is 20.9 Å². The summed E-state index contributed by atoms with van der Waals surface area (Å²) in [5.74, 6) is -0.541. The third kappa shape index (κ3) is 7.05. The molecule has 8 nitrogen and oxygen atoms in total. The number of nitrogens with one attached hydrogen (secondary N) is 3. The highest BCUT2D eigenvalue weighted by Crippen LogP contribution is 2.46. The Hall–Kier alpha value is -1.62. The molecule has 4 fully saturated rings. The van der Waals surface area contributed by atoms with Gasteiger partial charge in [0.1, 0.15) is 6.17 Å². The number of likely N-dealkylation sites (N-methyl/N-ethyl adjacent to an activating group) is 1. The summed E-state index contributed by atoms with van der Waals surface area (Å²) >= 11 is 0. The van der Waals surface area contributed by atoms with Gasteiger partial charge in [-0.3, -0.25) is 9.69 Å². The lowest BCUT2D eigenvalue weighted by Gasteiger charge is -2.45. The predicted octanol–water partition coefficient (Wildman–Crippen LogP) is 2.54. The number of morpholine rings is 1. The summed E-state index contributed by atoms with van der Waals surface area (Å²) in [6.45, 7) is 4.27. The van der Waals surface area contributed by atoms with Crippen molar-refractivity contribution in [3.05, 3.63) is 35.4 Å². The first kappa shape index (κ1) is 29.9. The second kappa shape index (κ2) is 13.6. The molecule has 3 heterocycles. The number of carbonyl (C=O) groups is 1. The number of alkyl halides is 1. The topological polar surface area (TPSA) is 118 Å². The van der Waals surface area contributed by atoms with Crippen molar-refractivity contribution in [2.24, 2.45) is 22.8 Å². The Morgan fingerprint density at radius 2 is 1.85 bits per heavy atom. The van der Waals surface area contributed by atoms with Crippen molar-refractivity contribution in [3.63, 3.8) is 0 Å². The maximum atomic E-state index is 14.7. The van der Waals surface area contributed by atoms with E-state index in [0.717, 1.165) is 51.8 Å². The van der Waals surface area contributed by atoms with E-state index < -0.39 is 18.3 Å². The first-order valence-corrected chi connectivity index (χ1v) is 15.6. The van der Waals surface area contributed by atoms with Crippen molar-refractivity contribution < 1.29 is 13.9 Å². The average Bonchev–Trinajstić information content (AvgIpc) is 2.95. The maximum absolute atomic E-state index is 14.7. The predicted molar refractivity (Wildman–Crippen MR) is 156 cm³/mol. The van der Waals surface area contributed by atoms with Crippen LogP contribution in [0, 0.1) is 11.3 Å². The summed E-state index contributed by atoms with van der Waals surface area (Å²) in [6.07, 6.45) is 7.28. The smallest absolute Gasteiger partial charge is 0.227 e. The van der Waals surface area contributed by atoms with Gasteiger partial charge in [0.2, 0.25) is 5.91 Å². The maximum Gasteiger partial charge on any atom is 0.227 e. The number of nitrogens with two attached hydrogens (primary N) is 2. The molecule has 4 aliphatic rings. The Morgan fingerprint density at radius 1 is 1.10 bits per heavy atom. The Morgan fingerprint density at radius 3 is 2.58 bits per heavy atom. The van der Waals surface area contributed by atoms with Gasteiger partial charge in [0, 0.05) is 37.6 Å². The van der Waals surface area contributed by atoms with Crippen LogP contribution in [0.15, 0.2) is 24.3 Å². The van der Waals surface area contributed by atoms with Crippen LogP contribution in [0.25, 0.3) is 0 Å². The molecule has 7 N–H and O–H groups in total. The molecule has 1 amide bonds. The Bertz CT molecular complexity index is 956. The van der Waals surface area contributed by atoms with Gasteiger partial charge in [-0.2, -0.15) is 0 Å². The number of benzene rings is 1. The van der Waals surface area contributed by atoms with Crippen LogP contribution in [0.3, 0.4) is 0 Å². The average molecular weight is 559 g/mol. The molecule has 1 aliphatic carbocycles. The molecule has 1 aromatic rings. The van der Waals surface area contributed by atoms with E-state index in [1.165, 1.54) is 30.4 Å². The fraction of sp³-hybridized carbons (Fsp3) is 0.774. The molecule has 5 rings (SSSR count). The third-order valence-corrected chi connectivity index (χ3v) is 10.3. The van der Waals surface area contributed by atoms with Crippen LogP contribution >= 0.6 is 0 Å². The minimum absolute atomic E-state index is 0.0693. The van der Waals surface area contributed by atoms with Crippen LogP contribution < -0.4 is 27.4 Å². The van der Waals surface area contributed by atoms with E-state index in [0.29, 0.717) is 19.6 Å². The third-order valence-electron chi connectivity index (χ3n) is 10.3. The number of rotatable bonds is 6. The SMILES string of the molecule is CN1CCOC[C@@H]1c1ccc(C2CCNCC2NC(=O)C(C(N)N)C2CC3(CCCCC3)CCC(F)CN2)cc1. The molecule has 0 aromatic heterocycles. The molecule has 6 atom stereocenters. The number of carbonyl (C=O) groups excluding carboxylic acids is 1. The van der Waals surface area contributed by atoms with Gasteiger partial charge in [-0.15, -0.1) is 0 Å². The minimum atomic E-state index is -0.908. The van der Waals surface area contributed by atoms with Crippen LogP contribution in [0.1, 0.15) is 80.9 Å². The van der Waals surface area contributed by atoms with Crippen LogP contribution in [-0.4, -0.2) is 81.7 Å². The van der Waals surface area contributed by atoms with Gasteiger partial charge in [0.05, 0.1) is 31.3 Å². The summed E-state index contributed by atoms with van der Waals surface area (Å²) in [5.41, 5.74) is 15.2. The zero-order chi connectivity index (χ0) is 28.1. The quantitative estimate of drug-likeness (QED) is 0.341. The van der Waals surface area contributed by atoms with Gasteiger partial charge in [-0.25, -0.2) is 4.39 Å². The summed E-state index contributed by atoms with van der Waals surface area (Å²) in [5, 5.41) is 10.2. The van der Waals surface area contributed by atoms with Crippen LogP contribution in [0.2, 0.25) is 0 Å². The minimum Gasteiger partial charge on any atom is -0.378 e. The van der Waals surface area contributed by atoms with Crippen LogP contribution in [-0.2, 0) is 9.53 Å². The molecular weight excluding hydrogens is 507 g/mol. The number of ether oxygens (including phenoxy) is 1. The highest BCUT2D eigenvalue weighted by Gasteiger charge is 2.43. The molecule has 5 unspecified atom stereocenters. The van der Waals surface area contributed by atoms with Gasteiger partial charge >= 0.3 is 0 Å². The van der Waals surface area contributed by atoms with E-state index in [1.54, 1.807) is 0 Å². The molecule has 0 bridgehead atoms. The fourth-order valence-electron chi connectivity index (χ4n) is 7.81. The van der Waals surface area contributed by atoms with Gasteiger partial charge in [-0.1, -0.05) is 43.5 Å². The summed E-state index contributed by atoms with van der Waals surface area (Å²) < 4.78 is 20.5. The second-order valence-electron chi connectivity index (χ2n) is 13.0. The van der Waals surface area contributed by atoms with Gasteiger partial charge < -0.3 is 32.2 Å². The second-order valence-corrected chi connectivity index (χ2v) is 13.0. The number of amides is 1. The van der Waals surface area contributed by atoms with E-state index in [2.05, 4.69) is 52.2 Å². The number of hydrogen-bond donors (Lipinski definition) is 5. The number of halogens is 1. The van der Waals surface area contributed by atoms with Crippen molar-refractivity contribution in [2.75, 3.05) is 46.4 Å². The molecule has 9 heteroatoms. The molecule has 0 radical (unpaired) electrons. The van der Waals surface area contributed by atoms with Crippen molar-refractivity contribution >= 4 is 5.91 Å². The van der Waals surface area contributed by atoms with Crippen LogP contribution in [0.4, 0.5) is 4.39 Å². The number of piperidine rings is 1. The van der Waals surface area contributed by atoms with E-state index in [4.69, 9.17) is 16.2 Å². The normalized spacial score (nSPS) is 32.8. The molecule has 1 aromatic carbocycles. The zero-order valence-corrected chi connectivity index (χ0v) is 24.3. The highest BCUT2D eigenvalue weighted by atomic mass is 19.1. The number of nitrogens with zero attached hydrogens (tertiary/aromatic N) is 1. The standard InChI is InChI=1S/C31H51FN6O2/c1-38-15-16-40-20-27(38)22-7-5-21(6-8-22)24-10-14-35-19-26(24)37-30(39)28(29(33)34)25-17-31(11-3-2-4-12-31)13-9-23(32)18-36-25/h5-8,23-29,35-36H,2-4,9-20,33-34H2,1H3,(H,37,39)/t23?,24?,25?,26?,27-,28?/m1/s1. The largest absolute Gasteiger partial charge is 0.378 e. The van der Waals surface area contributed by atoms with Gasteiger partial charge in [0.25, 0.3) is 0 Å². The zero-order valence-electron chi connectivity index (χ0n) is 24.3. The van der Waals surface area contributed by atoms with Crippen molar-refractivity contribution in [1.29, 1.82) is 0 Å². The lowest BCUT2D eigenvalue weighted by molar-refractivity contribution is -0.128. The lowest BCUT2D eigenvalue weighted by atomic mass is 9.65. The van der Waals surface area contributed by atoms with E-state index in [9.17, 15) is 9.18 Å². The monoisotopic (exact) mass is 558 g/mol. The summed E-state index contributed by atoms with van der Waals surface area (Å²) in [7, 11) is 2.15. The van der Waals surface area contributed by atoms with Gasteiger partial charge in [-0.05, 0) is 68.7 Å². The Kier molecular flexibility index (Phi) is 10.1. The molecule has 1 saturated carbocycles. The fourth-order valence-corrected chi connectivity index (χ4v) is 7.81. The Labute approximate surface area is 239 Å². The number of hydrogen-bond acceptors (Lipinski definition) is 7. The van der Waals surface area contributed by atoms with Gasteiger partial charge in [0.15, 0.2) is 0 Å². The first-order chi connectivity index (χ1) is 19.3. The molecule has 224 valence electrons. The van der Waals surface area contributed by atoms with Crippen LogP contribution in [0.5, 0.6) is 0 Å². The molecule has 40 heavy (non-hydrogen) atoms. The van der Waals surface area contributed by atoms with Crippen molar-refractivity contribution in [2.45, 2.75) is 94.2 Å². The highest BCUT2D eigenvalue weighted by molar-refractivity contribution is 5.80. The molecular formula is C31H51FN6O2. The van der Waals surface area contributed by atoms with E-state index in [-0.39, 0.29) is 41.9 Å². The van der Waals surface area contributed by atoms with E-state index in [1.807, 2.05) is 0 Å². The molecule has 1 spiro atoms. The van der Waals surface area contributed by atoms with E-state index >= 15 is 0 Å². The molecule has 3 aliphatic heterocycles. The summed E-state index contributed by atoms with van der Waals surface area (Å²) in [4.78, 5) is 16.3. The Balaban J connectivity index is 1.30. The lowest BCUT2D eigenvalue weighted by Crippen LogP contribution is -2.61. The molecule has 3 saturated heterocycles. The van der Waals surface area contributed by atoms with Crippen molar-refractivity contribution in [3.8, 4) is 0 Å². The first-order valence-electron chi connectivity index (χ1n) is 15.6. The summed E-state index contributed by atoms with van der Waals surface area (Å²) in [6, 6.07) is 8.81.